The van der Waals surface area contributed by atoms with E-state index in [9.17, 15) is 14.0 Å². The molecule has 1 rings (SSSR count). The second-order valence-corrected chi connectivity index (χ2v) is 4.41. The lowest BCUT2D eigenvalue weighted by molar-refractivity contribution is -0.118. The Kier molecular flexibility index (Phi) is 5.57. The van der Waals surface area contributed by atoms with E-state index >= 15 is 0 Å². The van der Waals surface area contributed by atoms with Crippen molar-refractivity contribution >= 4 is 23.6 Å². The molecule has 1 amide bonds. The lowest BCUT2D eigenvalue weighted by Gasteiger charge is -2.05. The van der Waals surface area contributed by atoms with Gasteiger partial charge in [0.2, 0.25) is 5.91 Å². The molecule has 0 aliphatic rings. The summed E-state index contributed by atoms with van der Waals surface area (Å²) >= 11 is 0.972. The molecule has 98 valence electrons. The highest BCUT2D eigenvalue weighted by Crippen LogP contribution is 2.20. The molecule has 1 heterocycles. The summed E-state index contributed by atoms with van der Waals surface area (Å²) in [6.45, 7) is 2.50. The maximum absolute atomic E-state index is 12.9. The van der Waals surface area contributed by atoms with Crippen LogP contribution in [-0.2, 0) is 4.79 Å². The second kappa shape index (κ2) is 6.95. The van der Waals surface area contributed by atoms with E-state index in [0.29, 0.717) is 6.54 Å². The van der Waals surface area contributed by atoms with E-state index in [1.165, 1.54) is 0 Å². The maximum Gasteiger partial charge on any atom is 0.338 e. The van der Waals surface area contributed by atoms with Gasteiger partial charge >= 0.3 is 5.97 Å². The van der Waals surface area contributed by atoms with Crippen molar-refractivity contribution in [1.29, 1.82) is 0 Å². The molecule has 0 atom stereocenters. The minimum atomic E-state index is -1.27. The Morgan fingerprint density at radius 2 is 2.28 bits per heavy atom. The number of hydrogen-bond acceptors (Lipinski definition) is 4. The molecule has 0 fully saturated rings. The molecular weight excluding hydrogens is 259 g/mol. The minimum absolute atomic E-state index is 0.0545. The van der Waals surface area contributed by atoms with Gasteiger partial charge < -0.3 is 10.4 Å². The van der Waals surface area contributed by atoms with Crippen molar-refractivity contribution in [2.45, 2.75) is 18.4 Å². The smallest absolute Gasteiger partial charge is 0.338 e. The van der Waals surface area contributed by atoms with Crippen LogP contribution in [-0.4, -0.2) is 34.3 Å². The monoisotopic (exact) mass is 272 g/mol. The fraction of sp³-hybridized carbons (Fsp3) is 0.364. The summed E-state index contributed by atoms with van der Waals surface area (Å²) in [6.07, 6.45) is 1.75. The first kappa shape index (κ1) is 14.4. The number of carboxylic acids is 1. The van der Waals surface area contributed by atoms with Crippen LogP contribution in [0.15, 0.2) is 17.3 Å². The van der Waals surface area contributed by atoms with E-state index in [-0.39, 0.29) is 22.2 Å². The average molecular weight is 272 g/mol. The largest absolute Gasteiger partial charge is 0.478 e. The molecule has 0 aliphatic heterocycles. The van der Waals surface area contributed by atoms with Crippen LogP contribution in [0, 0.1) is 5.82 Å². The van der Waals surface area contributed by atoms with Gasteiger partial charge in [-0.05, 0) is 12.5 Å². The number of carbonyl (C=O) groups excluding carboxylic acids is 1. The van der Waals surface area contributed by atoms with Crippen LogP contribution in [0.5, 0.6) is 0 Å². The number of amides is 1. The zero-order valence-electron chi connectivity index (χ0n) is 9.77. The van der Waals surface area contributed by atoms with Crippen LogP contribution in [0.25, 0.3) is 0 Å². The van der Waals surface area contributed by atoms with Crippen molar-refractivity contribution in [2.24, 2.45) is 0 Å². The quantitative estimate of drug-likeness (QED) is 0.768. The Balaban J connectivity index is 2.67. The van der Waals surface area contributed by atoms with Crippen molar-refractivity contribution in [2.75, 3.05) is 12.3 Å². The SMILES string of the molecule is CCCNC(=O)CSc1ncc(F)cc1C(=O)O. The first-order chi connectivity index (χ1) is 8.54. The average Bonchev–Trinajstić information content (AvgIpc) is 2.34. The normalized spacial score (nSPS) is 10.1. The predicted octanol–water partition coefficient (Wildman–Crippen LogP) is 1.54. The molecule has 0 radical (unpaired) electrons. The molecule has 0 saturated carbocycles. The number of rotatable bonds is 6. The molecule has 2 N–H and O–H groups in total. The number of aromatic nitrogens is 1. The molecule has 0 aromatic carbocycles. The number of pyridine rings is 1. The Bertz CT molecular complexity index is 454. The number of aromatic carboxylic acids is 1. The number of nitrogens with one attached hydrogen (secondary N) is 1. The highest BCUT2D eigenvalue weighted by atomic mass is 32.2. The molecule has 0 unspecified atom stereocenters. The highest BCUT2D eigenvalue weighted by Gasteiger charge is 2.14. The van der Waals surface area contributed by atoms with Gasteiger partial charge in [0.25, 0.3) is 0 Å². The Labute approximate surface area is 108 Å². The van der Waals surface area contributed by atoms with Gasteiger partial charge in [0.15, 0.2) is 0 Å². The van der Waals surface area contributed by atoms with Crippen molar-refractivity contribution < 1.29 is 19.1 Å². The van der Waals surface area contributed by atoms with Crippen LogP contribution in [0.3, 0.4) is 0 Å². The number of carboxylic acid groups (broad SMARTS) is 1. The molecule has 18 heavy (non-hydrogen) atoms. The Hall–Kier alpha value is -1.63. The molecule has 7 heteroatoms. The molecule has 0 bridgehead atoms. The fourth-order valence-electron chi connectivity index (χ4n) is 1.14. The third kappa shape index (κ3) is 4.33. The van der Waals surface area contributed by atoms with Crippen LogP contribution in [0.4, 0.5) is 4.39 Å². The molecule has 1 aromatic rings. The van der Waals surface area contributed by atoms with E-state index in [2.05, 4.69) is 10.3 Å². The van der Waals surface area contributed by atoms with Gasteiger partial charge in [0, 0.05) is 6.54 Å². The molecule has 1 aromatic heterocycles. The fourth-order valence-corrected chi connectivity index (χ4v) is 1.94. The summed E-state index contributed by atoms with van der Waals surface area (Å²) < 4.78 is 12.9. The number of thioether (sulfide) groups is 1. The van der Waals surface area contributed by atoms with E-state index in [0.717, 1.165) is 30.4 Å². The summed E-state index contributed by atoms with van der Waals surface area (Å²) in [5.41, 5.74) is -0.233. The lowest BCUT2D eigenvalue weighted by Crippen LogP contribution is -2.25. The van der Waals surface area contributed by atoms with Crippen molar-refractivity contribution in [3.63, 3.8) is 0 Å². The van der Waals surface area contributed by atoms with Gasteiger partial charge in [0.05, 0.1) is 17.5 Å². The third-order valence-electron chi connectivity index (χ3n) is 1.96. The van der Waals surface area contributed by atoms with Crippen molar-refractivity contribution in [3.05, 3.63) is 23.6 Å². The van der Waals surface area contributed by atoms with Crippen LogP contribution in [0.2, 0.25) is 0 Å². The number of carbonyl (C=O) groups is 2. The topological polar surface area (TPSA) is 79.3 Å². The maximum atomic E-state index is 12.9. The second-order valence-electron chi connectivity index (χ2n) is 3.45. The van der Waals surface area contributed by atoms with Gasteiger partial charge in [-0.3, -0.25) is 4.79 Å². The van der Waals surface area contributed by atoms with Crippen LogP contribution >= 0.6 is 11.8 Å². The summed E-state index contributed by atoms with van der Waals surface area (Å²) in [5, 5.41) is 11.7. The summed E-state index contributed by atoms with van der Waals surface area (Å²) in [6, 6.07) is 0.890. The van der Waals surface area contributed by atoms with E-state index in [1.807, 2.05) is 6.92 Å². The van der Waals surface area contributed by atoms with Gasteiger partial charge in [-0.25, -0.2) is 14.2 Å². The Morgan fingerprint density at radius 1 is 1.56 bits per heavy atom. The Morgan fingerprint density at radius 3 is 2.89 bits per heavy atom. The minimum Gasteiger partial charge on any atom is -0.478 e. The van der Waals surface area contributed by atoms with Gasteiger partial charge in [-0.15, -0.1) is 0 Å². The predicted molar refractivity (Wildman–Crippen MR) is 65.2 cm³/mol. The number of hydrogen-bond donors (Lipinski definition) is 2. The zero-order chi connectivity index (χ0) is 13.5. The molecule has 0 spiro atoms. The van der Waals surface area contributed by atoms with Crippen LogP contribution in [0.1, 0.15) is 23.7 Å². The molecule has 0 saturated heterocycles. The standard InChI is InChI=1S/C11H13FN2O3S/c1-2-3-13-9(15)6-18-10-8(11(16)17)4-7(12)5-14-10/h4-5H,2-3,6H2,1H3,(H,13,15)(H,16,17). The zero-order valence-corrected chi connectivity index (χ0v) is 10.6. The van der Waals surface area contributed by atoms with E-state index in [1.54, 1.807) is 0 Å². The third-order valence-corrected chi connectivity index (χ3v) is 2.97. The van der Waals surface area contributed by atoms with E-state index < -0.39 is 11.8 Å². The first-order valence-corrected chi connectivity index (χ1v) is 6.31. The van der Waals surface area contributed by atoms with Gasteiger partial charge in [-0.2, -0.15) is 0 Å². The highest BCUT2D eigenvalue weighted by molar-refractivity contribution is 8.00. The molecular formula is C11H13FN2O3S. The van der Waals surface area contributed by atoms with Gasteiger partial charge in [-0.1, -0.05) is 18.7 Å². The number of nitrogens with zero attached hydrogens (tertiary/aromatic N) is 1. The molecule has 0 aliphatic carbocycles. The summed E-state index contributed by atoms with van der Waals surface area (Å²) in [7, 11) is 0. The van der Waals surface area contributed by atoms with Crippen molar-refractivity contribution in [1.82, 2.24) is 10.3 Å². The summed E-state index contributed by atoms with van der Waals surface area (Å²) in [4.78, 5) is 25.9. The molecule has 5 nitrogen and oxygen atoms in total. The first-order valence-electron chi connectivity index (χ1n) is 5.33. The van der Waals surface area contributed by atoms with Crippen LogP contribution < -0.4 is 5.32 Å². The van der Waals surface area contributed by atoms with Crippen molar-refractivity contribution in [3.8, 4) is 0 Å². The van der Waals surface area contributed by atoms with Gasteiger partial charge in [0.1, 0.15) is 10.8 Å². The van der Waals surface area contributed by atoms with E-state index in [4.69, 9.17) is 5.11 Å². The summed E-state index contributed by atoms with van der Waals surface area (Å²) in [5.74, 6) is -2.13. The number of halogens is 1. The lowest BCUT2D eigenvalue weighted by atomic mass is 10.3.